The van der Waals surface area contributed by atoms with Gasteiger partial charge in [0.25, 0.3) is 0 Å². The van der Waals surface area contributed by atoms with Crippen LogP contribution in [-0.4, -0.2) is 15.1 Å². The van der Waals surface area contributed by atoms with Crippen LogP contribution in [0.15, 0.2) is 36.7 Å². The normalized spacial score (nSPS) is 9.33. The summed E-state index contributed by atoms with van der Waals surface area (Å²) in [6, 6.07) is 5.99. The zero-order chi connectivity index (χ0) is 9.97. The van der Waals surface area contributed by atoms with Crippen molar-refractivity contribution in [2.75, 3.05) is 0 Å². The Bertz CT molecular complexity index is 419. The van der Waals surface area contributed by atoms with Crippen LogP contribution in [0.3, 0.4) is 0 Å². The number of rotatable bonds is 1. The molecule has 4 nitrogen and oxygen atoms in total. The third-order valence-electron chi connectivity index (χ3n) is 1.78. The average Bonchev–Trinajstić information content (AvgIpc) is 2.20. The van der Waals surface area contributed by atoms with Crippen molar-refractivity contribution < 1.29 is 39.8 Å². The van der Waals surface area contributed by atoms with E-state index in [1.54, 1.807) is 12.1 Å². The minimum absolute atomic E-state index is 0. The van der Waals surface area contributed by atoms with Gasteiger partial charge in [-0.3, -0.25) is 9.97 Å². The molecule has 15 heavy (non-hydrogen) atoms. The summed E-state index contributed by atoms with van der Waals surface area (Å²) in [4.78, 5) is 7.77. The molecule has 0 fully saturated rings. The van der Waals surface area contributed by atoms with Gasteiger partial charge >= 0.3 is 29.6 Å². The second-order valence-electron chi connectivity index (χ2n) is 2.72. The van der Waals surface area contributed by atoms with Gasteiger partial charge in [0.1, 0.15) is 11.4 Å². The van der Waals surface area contributed by atoms with E-state index in [-0.39, 0.29) is 52.4 Å². The summed E-state index contributed by atoms with van der Waals surface area (Å²) >= 11 is 0. The van der Waals surface area contributed by atoms with Gasteiger partial charge in [0.2, 0.25) is 0 Å². The maximum absolute atomic E-state index is 11.4. The van der Waals surface area contributed by atoms with Gasteiger partial charge < -0.3 is 10.2 Å². The van der Waals surface area contributed by atoms with E-state index < -0.39 is 0 Å². The Balaban J connectivity index is 0.00000112. The summed E-state index contributed by atoms with van der Waals surface area (Å²) in [5.41, 5.74) is 0.392. The van der Waals surface area contributed by atoms with Gasteiger partial charge in [0.15, 0.2) is 0 Å². The minimum atomic E-state index is -0.249. The van der Waals surface area contributed by atoms with Gasteiger partial charge in [0.05, 0.1) is 5.69 Å². The standard InChI is InChI=1S/C10H8N2O2.Na/c13-7-3-1-5-11-9(7)10-8(14)4-2-6-12-10;/h1-6,13-14H;/q;+1/p-1. The first-order chi connectivity index (χ1) is 6.79. The quantitative estimate of drug-likeness (QED) is 0.549. The number of aromatic hydroxyl groups is 1. The first kappa shape index (κ1) is 12.0. The molecule has 0 aromatic carbocycles. The van der Waals surface area contributed by atoms with E-state index in [2.05, 4.69) is 9.97 Å². The van der Waals surface area contributed by atoms with Crippen molar-refractivity contribution in [1.29, 1.82) is 0 Å². The zero-order valence-electron chi connectivity index (χ0n) is 8.21. The van der Waals surface area contributed by atoms with Crippen LogP contribution in [0.5, 0.6) is 11.5 Å². The van der Waals surface area contributed by atoms with Crippen LogP contribution in [0, 0.1) is 0 Å². The molecule has 70 valence electrons. The molecule has 0 aliphatic carbocycles. The largest absolute Gasteiger partial charge is 1.00 e. The van der Waals surface area contributed by atoms with Gasteiger partial charge in [-0.2, -0.15) is 0 Å². The fourth-order valence-electron chi connectivity index (χ4n) is 1.15. The van der Waals surface area contributed by atoms with Gasteiger partial charge in [-0.15, -0.1) is 0 Å². The maximum Gasteiger partial charge on any atom is 1.00 e. The molecule has 0 saturated carbocycles. The molecule has 2 aromatic heterocycles. The van der Waals surface area contributed by atoms with Crippen LogP contribution in [0.1, 0.15) is 0 Å². The second kappa shape index (κ2) is 5.11. The third-order valence-corrected chi connectivity index (χ3v) is 1.78. The van der Waals surface area contributed by atoms with Crippen LogP contribution < -0.4 is 34.7 Å². The van der Waals surface area contributed by atoms with E-state index in [0.29, 0.717) is 0 Å². The molecule has 2 heterocycles. The topological polar surface area (TPSA) is 69.1 Å². The Morgan fingerprint density at radius 1 is 1.00 bits per heavy atom. The van der Waals surface area contributed by atoms with Crippen molar-refractivity contribution in [3.05, 3.63) is 36.7 Å². The molecule has 0 spiro atoms. The van der Waals surface area contributed by atoms with Crippen molar-refractivity contribution in [2.45, 2.75) is 0 Å². The van der Waals surface area contributed by atoms with Gasteiger partial charge in [-0.05, 0) is 18.2 Å². The van der Waals surface area contributed by atoms with Crippen LogP contribution in [-0.2, 0) is 0 Å². The van der Waals surface area contributed by atoms with Crippen LogP contribution in [0.25, 0.3) is 11.4 Å². The van der Waals surface area contributed by atoms with Crippen molar-refractivity contribution >= 4 is 0 Å². The van der Waals surface area contributed by atoms with Gasteiger partial charge in [-0.25, -0.2) is 0 Å². The van der Waals surface area contributed by atoms with E-state index in [9.17, 15) is 10.2 Å². The fourth-order valence-corrected chi connectivity index (χ4v) is 1.15. The summed E-state index contributed by atoms with van der Waals surface area (Å²) < 4.78 is 0. The molecule has 0 unspecified atom stereocenters. The average molecular weight is 210 g/mol. The van der Waals surface area contributed by atoms with Crippen LogP contribution in [0.2, 0.25) is 0 Å². The maximum atomic E-state index is 11.4. The Morgan fingerprint density at radius 2 is 1.60 bits per heavy atom. The first-order valence-corrected chi connectivity index (χ1v) is 4.05. The van der Waals surface area contributed by atoms with Gasteiger partial charge in [-0.1, -0.05) is 11.8 Å². The predicted octanol–water partition coefficient (Wildman–Crippen LogP) is -2.07. The molecule has 5 heteroatoms. The molecular formula is C10H7N2NaO2. The monoisotopic (exact) mass is 210 g/mol. The first-order valence-electron chi connectivity index (χ1n) is 4.05. The van der Waals surface area contributed by atoms with Crippen molar-refractivity contribution in [1.82, 2.24) is 9.97 Å². The molecule has 2 aromatic rings. The molecule has 0 amide bonds. The summed E-state index contributed by atoms with van der Waals surface area (Å²) in [6.07, 6.45) is 2.99. The minimum Gasteiger partial charge on any atom is -0.871 e. The van der Waals surface area contributed by atoms with E-state index >= 15 is 0 Å². The molecule has 0 atom stereocenters. The Morgan fingerprint density at radius 3 is 2.20 bits per heavy atom. The SMILES string of the molecule is [Na+].[O-]c1cccnc1-c1ncccc1O. The number of hydrogen-bond donors (Lipinski definition) is 1. The molecule has 0 aliphatic heterocycles. The summed E-state index contributed by atoms with van der Waals surface area (Å²) in [5.74, 6) is -0.287. The van der Waals surface area contributed by atoms with Crippen LogP contribution >= 0.6 is 0 Å². The summed E-state index contributed by atoms with van der Waals surface area (Å²) in [6.45, 7) is 0. The van der Waals surface area contributed by atoms with E-state index in [0.717, 1.165) is 0 Å². The zero-order valence-corrected chi connectivity index (χ0v) is 10.2. The van der Waals surface area contributed by atoms with E-state index in [4.69, 9.17) is 0 Å². The number of pyridine rings is 2. The Kier molecular flexibility index (Phi) is 4.08. The predicted molar refractivity (Wildman–Crippen MR) is 48.6 cm³/mol. The number of hydrogen-bond acceptors (Lipinski definition) is 4. The molecule has 0 saturated heterocycles. The third kappa shape index (κ3) is 2.47. The number of nitrogens with zero attached hydrogens (tertiary/aromatic N) is 2. The Hall–Kier alpha value is -1.10. The van der Waals surface area contributed by atoms with Crippen molar-refractivity contribution in [2.24, 2.45) is 0 Å². The molecule has 1 N–H and O–H groups in total. The van der Waals surface area contributed by atoms with Gasteiger partial charge in [0, 0.05) is 12.4 Å². The van der Waals surface area contributed by atoms with E-state index in [1.807, 2.05) is 0 Å². The fraction of sp³-hybridized carbons (Fsp3) is 0. The second-order valence-corrected chi connectivity index (χ2v) is 2.72. The Labute approximate surface area is 109 Å². The molecule has 2 rings (SSSR count). The number of aromatic nitrogens is 2. The molecular weight excluding hydrogens is 203 g/mol. The molecule has 0 radical (unpaired) electrons. The van der Waals surface area contributed by atoms with E-state index in [1.165, 1.54) is 24.5 Å². The summed E-state index contributed by atoms with van der Waals surface area (Å²) in [5, 5.41) is 20.8. The smallest absolute Gasteiger partial charge is 0.871 e. The summed E-state index contributed by atoms with van der Waals surface area (Å²) in [7, 11) is 0. The molecule has 0 bridgehead atoms. The molecule has 0 aliphatic rings. The van der Waals surface area contributed by atoms with Crippen molar-refractivity contribution in [3.63, 3.8) is 0 Å². The van der Waals surface area contributed by atoms with Crippen molar-refractivity contribution in [3.8, 4) is 22.9 Å². The van der Waals surface area contributed by atoms with Crippen LogP contribution in [0.4, 0.5) is 0 Å².